The lowest BCUT2D eigenvalue weighted by atomic mass is 10.1. The van der Waals surface area contributed by atoms with Crippen LogP contribution in [0.1, 0.15) is 22.3 Å². The third-order valence-corrected chi connectivity index (χ3v) is 4.50. The summed E-state index contributed by atoms with van der Waals surface area (Å²) >= 11 is 0. The van der Waals surface area contributed by atoms with E-state index in [-0.39, 0.29) is 0 Å². The van der Waals surface area contributed by atoms with Crippen LogP contribution in [-0.4, -0.2) is 46.0 Å². The molecule has 0 radical (unpaired) electrons. The molecular weight excluding hydrogens is 416 g/mol. The van der Waals surface area contributed by atoms with E-state index in [1.165, 1.54) is 12.7 Å². The molecule has 6 heteroatoms. The SMILES string of the molecule is COC/C(=N\OC)c1ccc(C)cc1.COC/C(=N\OCc1ccccc1)c1ccccc1. The average Bonchev–Trinajstić information content (AvgIpc) is 2.85. The van der Waals surface area contributed by atoms with Crippen LogP contribution >= 0.6 is 0 Å². The fourth-order valence-electron chi connectivity index (χ4n) is 2.84. The number of rotatable bonds is 10. The van der Waals surface area contributed by atoms with E-state index < -0.39 is 0 Å². The third kappa shape index (κ3) is 9.68. The molecule has 0 saturated carbocycles. The van der Waals surface area contributed by atoms with E-state index >= 15 is 0 Å². The number of oxime groups is 2. The monoisotopic (exact) mass is 448 g/mol. The summed E-state index contributed by atoms with van der Waals surface area (Å²) in [6, 6.07) is 27.9. The first-order valence-electron chi connectivity index (χ1n) is 10.6. The van der Waals surface area contributed by atoms with Crippen LogP contribution in [-0.2, 0) is 25.8 Å². The molecule has 0 bridgehead atoms. The van der Waals surface area contributed by atoms with Gasteiger partial charge >= 0.3 is 0 Å². The molecule has 0 fully saturated rings. The third-order valence-electron chi connectivity index (χ3n) is 4.50. The van der Waals surface area contributed by atoms with E-state index in [0.717, 1.165) is 28.1 Å². The highest BCUT2D eigenvalue weighted by Crippen LogP contribution is 2.06. The highest BCUT2D eigenvalue weighted by molar-refractivity contribution is 6.01. The summed E-state index contributed by atoms with van der Waals surface area (Å²) in [7, 11) is 4.82. The Kier molecular flexibility index (Phi) is 12.0. The molecule has 174 valence electrons. The summed E-state index contributed by atoms with van der Waals surface area (Å²) in [4.78, 5) is 10.1. The maximum atomic E-state index is 5.40. The van der Waals surface area contributed by atoms with Crippen molar-refractivity contribution in [1.29, 1.82) is 0 Å². The van der Waals surface area contributed by atoms with Crippen molar-refractivity contribution in [3.8, 4) is 0 Å². The molecule has 0 spiro atoms. The van der Waals surface area contributed by atoms with Crippen LogP contribution in [0.4, 0.5) is 0 Å². The fourth-order valence-corrected chi connectivity index (χ4v) is 2.84. The van der Waals surface area contributed by atoms with E-state index in [9.17, 15) is 0 Å². The molecule has 0 aromatic heterocycles. The fraction of sp³-hybridized carbons (Fsp3) is 0.259. The van der Waals surface area contributed by atoms with E-state index in [2.05, 4.69) is 10.3 Å². The van der Waals surface area contributed by atoms with Gasteiger partial charge in [-0.1, -0.05) is 101 Å². The summed E-state index contributed by atoms with van der Waals surface area (Å²) in [5, 5.41) is 8.08. The van der Waals surface area contributed by atoms with Gasteiger partial charge in [0.1, 0.15) is 25.1 Å². The second-order valence-electron chi connectivity index (χ2n) is 7.12. The zero-order chi connectivity index (χ0) is 23.7. The predicted molar refractivity (Wildman–Crippen MR) is 133 cm³/mol. The van der Waals surface area contributed by atoms with Gasteiger partial charge in [-0.3, -0.25) is 0 Å². The van der Waals surface area contributed by atoms with Crippen molar-refractivity contribution in [3.63, 3.8) is 0 Å². The first-order valence-corrected chi connectivity index (χ1v) is 10.6. The Morgan fingerprint density at radius 2 is 1.15 bits per heavy atom. The zero-order valence-corrected chi connectivity index (χ0v) is 19.7. The Morgan fingerprint density at radius 1 is 0.636 bits per heavy atom. The van der Waals surface area contributed by atoms with Gasteiger partial charge in [0.15, 0.2) is 0 Å². The van der Waals surface area contributed by atoms with Gasteiger partial charge in [0, 0.05) is 25.3 Å². The van der Waals surface area contributed by atoms with Crippen molar-refractivity contribution in [2.24, 2.45) is 10.3 Å². The molecule has 33 heavy (non-hydrogen) atoms. The topological polar surface area (TPSA) is 61.6 Å². The Morgan fingerprint density at radius 3 is 1.70 bits per heavy atom. The summed E-state index contributed by atoms with van der Waals surface area (Å²) < 4.78 is 10.2. The summed E-state index contributed by atoms with van der Waals surface area (Å²) in [6.45, 7) is 3.39. The van der Waals surface area contributed by atoms with E-state index in [1.54, 1.807) is 14.2 Å². The van der Waals surface area contributed by atoms with Crippen molar-refractivity contribution in [3.05, 3.63) is 107 Å². The van der Waals surface area contributed by atoms with Gasteiger partial charge in [-0.05, 0) is 12.5 Å². The van der Waals surface area contributed by atoms with E-state index in [1.807, 2.05) is 91.9 Å². The van der Waals surface area contributed by atoms with Gasteiger partial charge in [0.2, 0.25) is 0 Å². The average molecular weight is 449 g/mol. The van der Waals surface area contributed by atoms with Gasteiger partial charge in [-0.15, -0.1) is 0 Å². The van der Waals surface area contributed by atoms with Crippen molar-refractivity contribution in [2.45, 2.75) is 13.5 Å². The normalized spacial score (nSPS) is 11.4. The minimum absolute atomic E-state index is 0.429. The van der Waals surface area contributed by atoms with Crippen LogP contribution in [0.15, 0.2) is 95.2 Å². The number of methoxy groups -OCH3 is 2. The molecule has 0 atom stereocenters. The van der Waals surface area contributed by atoms with Crippen LogP contribution in [0.5, 0.6) is 0 Å². The van der Waals surface area contributed by atoms with E-state index in [4.69, 9.17) is 19.1 Å². The zero-order valence-electron chi connectivity index (χ0n) is 19.7. The number of nitrogens with zero attached hydrogens (tertiary/aromatic N) is 2. The predicted octanol–water partition coefficient (Wildman–Crippen LogP) is 5.25. The highest BCUT2D eigenvalue weighted by Gasteiger charge is 2.04. The molecule has 0 aliphatic heterocycles. The highest BCUT2D eigenvalue weighted by atomic mass is 16.6. The van der Waals surface area contributed by atoms with Gasteiger partial charge in [0.05, 0.1) is 13.2 Å². The second-order valence-corrected chi connectivity index (χ2v) is 7.12. The molecule has 0 saturated heterocycles. The quantitative estimate of drug-likeness (QED) is 0.314. The molecule has 3 rings (SSSR count). The van der Waals surface area contributed by atoms with Crippen LogP contribution in [0, 0.1) is 6.92 Å². The van der Waals surface area contributed by atoms with Crippen molar-refractivity contribution in [2.75, 3.05) is 34.5 Å². The molecule has 0 N–H and O–H groups in total. The number of hydrogen-bond donors (Lipinski definition) is 0. The number of benzene rings is 3. The maximum Gasteiger partial charge on any atom is 0.142 e. The number of ether oxygens (including phenoxy) is 2. The molecule has 3 aromatic rings. The Hall–Kier alpha value is -3.48. The minimum Gasteiger partial charge on any atom is -0.399 e. The molecule has 6 nitrogen and oxygen atoms in total. The molecule has 0 heterocycles. The van der Waals surface area contributed by atoms with Crippen LogP contribution in [0.3, 0.4) is 0 Å². The second kappa shape index (κ2) is 15.3. The molecule has 3 aromatic carbocycles. The van der Waals surface area contributed by atoms with Crippen LogP contribution < -0.4 is 0 Å². The minimum atomic E-state index is 0.429. The van der Waals surface area contributed by atoms with Gasteiger partial charge in [0.25, 0.3) is 0 Å². The lowest BCUT2D eigenvalue weighted by molar-refractivity contribution is 0.127. The standard InChI is InChI=1S/C16H17NO2.C11H15NO2/c1-18-13-16(15-10-6-3-7-11-15)17-19-12-14-8-4-2-5-9-14;1-9-4-6-10(7-5-9)11(8-13-2)12-14-3/h2-11H,12-13H2,1H3;4-7H,8H2,1-3H3/b17-16+;12-11+. The lowest BCUT2D eigenvalue weighted by Gasteiger charge is -2.06. The summed E-state index contributed by atoms with van der Waals surface area (Å²) in [5.74, 6) is 0. The van der Waals surface area contributed by atoms with Crippen molar-refractivity contribution >= 4 is 11.4 Å². The van der Waals surface area contributed by atoms with Gasteiger partial charge in [-0.25, -0.2) is 0 Å². The van der Waals surface area contributed by atoms with Gasteiger partial charge in [-0.2, -0.15) is 0 Å². The van der Waals surface area contributed by atoms with Crippen molar-refractivity contribution in [1.82, 2.24) is 0 Å². The Bertz CT molecular complexity index is 972. The summed E-state index contributed by atoms with van der Waals surface area (Å²) in [6.07, 6.45) is 0. The first kappa shape index (κ1) is 25.8. The lowest BCUT2D eigenvalue weighted by Crippen LogP contribution is -2.09. The molecule has 0 aliphatic rings. The smallest absolute Gasteiger partial charge is 0.142 e. The Balaban J connectivity index is 0.000000245. The number of hydrogen-bond acceptors (Lipinski definition) is 6. The van der Waals surface area contributed by atoms with Crippen LogP contribution in [0.25, 0.3) is 0 Å². The molecule has 0 unspecified atom stereocenters. The largest absolute Gasteiger partial charge is 0.399 e. The molecule has 0 aliphatic carbocycles. The maximum absolute atomic E-state index is 5.40. The van der Waals surface area contributed by atoms with Gasteiger partial charge < -0.3 is 19.1 Å². The molecular formula is C27H32N2O4. The summed E-state index contributed by atoms with van der Waals surface area (Å²) in [5.41, 5.74) is 5.95. The van der Waals surface area contributed by atoms with Crippen LogP contribution in [0.2, 0.25) is 0 Å². The first-order chi connectivity index (χ1) is 16.2. The molecule has 0 amide bonds. The van der Waals surface area contributed by atoms with E-state index in [0.29, 0.717) is 19.8 Å². The Labute approximate surface area is 196 Å². The number of aryl methyl sites for hydroxylation is 1. The van der Waals surface area contributed by atoms with Crippen molar-refractivity contribution < 1.29 is 19.1 Å².